The Kier molecular flexibility index (Phi) is 5.42. The Bertz CT molecular complexity index is 1060. The van der Waals surface area contributed by atoms with Crippen LogP contribution in [0.1, 0.15) is 25.1 Å². The summed E-state index contributed by atoms with van der Waals surface area (Å²) in [5, 5.41) is 7.53. The van der Waals surface area contributed by atoms with E-state index in [1.165, 1.54) is 0 Å². The summed E-state index contributed by atoms with van der Waals surface area (Å²) < 4.78 is 37.4. The zero-order valence-corrected chi connectivity index (χ0v) is 16.2. The zero-order valence-electron chi connectivity index (χ0n) is 16.2. The van der Waals surface area contributed by atoms with Crippen molar-refractivity contribution in [2.75, 3.05) is 13.1 Å². The van der Waals surface area contributed by atoms with Crippen LogP contribution >= 0.6 is 0 Å². The molecule has 30 heavy (non-hydrogen) atoms. The summed E-state index contributed by atoms with van der Waals surface area (Å²) in [6.07, 6.45) is -1.39. The molecular weight excluding hydrogens is 393 g/mol. The van der Waals surface area contributed by atoms with Gasteiger partial charge in [-0.3, -0.25) is 4.79 Å². The minimum Gasteiger partial charge on any atom is -0.348 e. The van der Waals surface area contributed by atoms with Crippen molar-refractivity contribution in [1.82, 2.24) is 20.6 Å². The lowest BCUT2D eigenvalue weighted by molar-refractivity contribution is -0.173. The molecule has 0 aliphatic carbocycles. The van der Waals surface area contributed by atoms with E-state index in [0.717, 1.165) is 35.0 Å². The maximum atomic E-state index is 12.5. The molecule has 0 bridgehead atoms. The lowest BCUT2D eigenvalue weighted by atomic mass is 9.91. The Morgan fingerprint density at radius 2 is 1.93 bits per heavy atom. The number of nitrogens with one attached hydrogen (secondary N) is 2. The minimum absolute atomic E-state index is 0.116. The monoisotopic (exact) mass is 414 g/mol. The summed E-state index contributed by atoms with van der Waals surface area (Å²) >= 11 is 0. The Hall–Kier alpha value is -3.00. The first-order chi connectivity index (χ1) is 14.4. The smallest absolute Gasteiger partial charge is 0.348 e. The van der Waals surface area contributed by atoms with Gasteiger partial charge in [0.15, 0.2) is 0 Å². The van der Waals surface area contributed by atoms with Crippen LogP contribution in [0.25, 0.3) is 22.0 Å². The lowest BCUT2D eigenvalue weighted by Crippen LogP contribution is -2.44. The molecule has 1 saturated heterocycles. The molecule has 2 N–H and O–H groups in total. The molecule has 0 saturated carbocycles. The SMILES string of the molecule is O=C(NCC[C@]1(c2nccc(-c3ccc4ccccc4c3)n2)CCCN1)C(F)(F)F. The van der Waals surface area contributed by atoms with Gasteiger partial charge in [-0.1, -0.05) is 36.4 Å². The van der Waals surface area contributed by atoms with Crippen molar-refractivity contribution in [3.05, 3.63) is 60.6 Å². The standard InChI is InChI=1S/C22H21F3N4O/c23-22(24,25)20(30)27-13-10-21(9-3-11-28-21)19-26-12-8-18(29-19)17-7-6-15-4-1-2-5-16(15)14-17/h1-2,4-8,12,14,28H,3,9-11,13H2,(H,27,30)/t21-/m0/s1. The van der Waals surface area contributed by atoms with Crippen LogP contribution in [0.15, 0.2) is 54.7 Å². The highest BCUT2D eigenvalue weighted by atomic mass is 19.4. The van der Waals surface area contributed by atoms with Gasteiger partial charge in [0.25, 0.3) is 0 Å². The van der Waals surface area contributed by atoms with Crippen molar-refractivity contribution < 1.29 is 18.0 Å². The second kappa shape index (κ2) is 8.02. The molecule has 3 aromatic rings. The van der Waals surface area contributed by atoms with Crippen molar-refractivity contribution in [2.24, 2.45) is 0 Å². The number of carbonyl (C=O) groups excluding carboxylic acids is 1. The van der Waals surface area contributed by atoms with Gasteiger partial charge in [-0.05, 0) is 48.7 Å². The third-order valence-electron chi connectivity index (χ3n) is 5.47. The van der Waals surface area contributed by atoms with Gasteiger partial charge < -0.3 is 10.6 Å². The molecule has 0 radical (unpaired) electrons. The van der Waals surface area contributed by atoms with Crippen molar-refractivity contribution in [3.8, 4) is 11.3 Å². The molecule has 1 aliphatic heterocycles. The molecule has 0 spiro atoms. The third-order valence-corrected chi connectivity index (χ3v) is 5.47. The predicted octanol–water partition coefficient (Wildman–Crippen LogP) is 3.94. The van der Waals surface area contributed by atoms with Crippen molar-refractivity contribution in [3.63, 3.8) is 0 Å². The average Bonchev–Trinajstić information content (AvgIpc) is 3.23. The topological polar surface area (TPSA) is 66.9 Å². The molecule has 8 heteroatoms. The van der Waals surface area contributed by atoms with Gasteiger partial charge >= 0.3 is 12.1 Å². The number of benzene rings is 2. The van der Waals surface area contributed by atoms with Crippen molar-refractivity contribution >= 4 is 16.7 Å². The van der Waals surface area contributed by atoms with Crippen LogP contribution in [-0.4, -0.2) is 35.1 Å². The number of alkyl halides is 3. The number of aromatic nitrogens is 2. The van der Waals surface area contributed by atoms with Crippen LogP contribution < -0.4 is 10.6 Å². The van der Waals surface area contributed by atoms with E-state index in [1.807, 2.05) is 47.8 Å². The number of amides is 1. The maximum absolute atomic E-state index is 12.5. The number of hydrogen-bond donors (Lipinski definition) is 2. The van der Waals surface area contributed by atoms with E-state index in [2.05, 4.69) is 16.4 Å². The Labute approximate surface area is 171 Å². The summed E-state index contributed by atoms with van der Waals surface area (Å²) in [7, 11) is 0. The summed E-state index contributed by atoms with van der Waals surface area (Å²) in [5.41, 5.74) is 1.03. The Morgan fingerprint density at radius 3 is 2.67 bits per heavy atom. The van der Waals surface area contributed by atoms with Gasteiger partial charge in [0.05, 0.1) is 11.2 Å². The van der Waals surface area contributed by atoms with Crippen LogP contribution in [0.4, 0.5) is 13.2 Å². The lowest BCUT2D eigenvalue weighted by Gasteiger charge is -2.28. The highest BCUT2D eigenvalue weighted by Gasteiger charge is 2.41. The first-order valence-electron chi connectivity index (χ1n) is 9.80. The second-order valence-corrected chi connectivity index (χ2v) is 7.44. The average molecular weight is 414 g/mol. The van der Waals surface area contributed by atoms with Gasteiger partial charge in [0.2, 0.25) is 0 Å². The van der Waals surface area contributed by atoms with Crippen LogP contribution in [0, 0.1) is 0 Å². The van der Waals surface area contributed by atoms with Crippen LogP contribution in [0.5, 0.6) is 0 Å². The Balaban J connectivity index is 1.59. The van der Waals surface area contributed by atoms with E-state index in [-0.39, 0.29) is 13.0 Å². The normalized spacial score (nSPS) is 19.2. The number of halogens is 3. The molecule has 2 aromatic carbocycles. The van der Waals surface area contributed by atoms with E-state index in [9.17, 15) is 18.0 Å². The van der Waals surface area contributed by atoms with Crippen molar-refractivity contribution in [1.29, 1.82) is 0 Å². The minimum atomic E-state index is -4.89. The largest absolute Gasteiger partial charge is 0.471 e. The fourth-order valence-electron chi connectivity index (χ4n) is 3.91. The zero-order chi connectivity index (χ0) is 21.2. The predicted molar refractivity (Wildman–Crippen MR) is 108 cm³/mol. The van der Waals surface area contributed by atoms with Gasteiger partial charge in [-0.15, -0.1) is 0 Å². The first kappa shape index (κ1) is 20.3. The Morgan fingerprint density at radius 1 is 1.13 bits per heavy atom. The molecule has 5 nitrogen and oxygen atoms in total. The molecule has 1 aromatic heterocycles. The van der Waals surface area contributed by atoms with Gasteiger partial charge in [0.1, 0.15) is 5.82 Å². The number of carbonyl (C=O) groups is 1. The van der Waals surface area contributed by atoms with Crippen LogP contribution in [-0.2, 0) is 10.3 Å². The molecular formula is C22H21F3N4O. The van der Waals surface area contributed by atoms with Crippen molar-refractivity contribution in [2.45, 2.75) is 31.0 Å². The second-order valence-electron chi connectivity index (χ2n) is 7.44. The molecule has 2 heterocycles. The van der Waals surface area contributed by atoms with Gasteiger partial charge in [-0.2, -0.15) is 13.2 Å². The van der Waals surface area contributed by atoms with E-state index < -0.39 is 17.6 Å². The number of rotatable bonds is 5. The number of fused-ring (bicyclic) bond motifs is 1. The van der Waals surface area contributed by atoms with Gasteiger partial charge in [0, 0.05) is 18.3 Å². The fourth-order valence-corrected chi connectivity index (χ4v) is 3.91. The van der Waals surface area contributed by atoms with E-state index in [1.54, 1.807) is 6.20 Å². The summed E-state index contributed by atoms with van der Waals surface area (Å²) in [4.78, 5) is 20.3. The summed E-state index contributed by atoms with van der Waals surface area (Å²) in [6.45, 7) is 0.603. The highest BCUT2D eigenvalue weighted by Crippen LogP contribution is 2.33. The first-order valence-corrected chi connectivity index (χ1v) is 9.80. The highest BCUT2D eigenvalue weighted by molar-refractivity contribution is 5.86. The summed E-state index contributed by atoms with van der Waals surface area (Å²) in [6, 6.07) is 15.9. The molecule has 1 aliphatic rings. The molecule has 1 atom stereocenters. The third kappa shape index (κ3) is 4.14. The van der Waals surface area contributed by atoms with Crippen LogP contribution in [0.3, 0.4) is 0 Å². The number of nitrogens with zero attached hydrogens (tertiary/aromatic N) is 2. The summed E-state index contributed by atoms with van der Waals surface area (Å²) in [5.74, 6) is -1.40. The number of hydrogen-bond acceptors (Lipinski definition) is 4. The fraction of sp³-hybridized carbons (Fsp3) is 0.318. The molecule has 1 fully saturated rings. The molecule has 0 unspecified atom stereocenters. The molecule has 1 amide bonds. The van der Waals surface area contributed by atoms with E-state index >= 15 is 0 Å². The molecule has 156 valence electrons. The van der Waals surface area contributed by atoms with Crippen LogP contribution in [0.2, 0.25) is 0 Å². The van der Waals surface area contributed by atoms with E-state index in [0.29, 0.717) is 12.2 Å². The maximum Gasteiger partial charge on any atom is 0.471 e. The van der Waals surface area contributed by atoms with Gasteiger partial charge in [-0.25, -0.2) is 9.97 Å². The van der Waals surface area contributed by atoms with E-state index in [4.69, 9.17) is 4.98 Å². The quantitative estimate of drug-likeness (QED) is 0.664. The molecule has 4 rings (SSSR count).